The van der Waals surface area contributed by atoms with Crippen molar-refractivity contribution in [2.45, 2.75) is 4.90 Å². The fourth-order valence-electron chi connectivity index (χ4n) is 2.01. The summed E-state index contributed by atoms with van der Waals surface area (Å²) in [7, 11) is -1.74. The van der Waals surface area contributed by atoms with Gasteiger partial charge in [0.25, 0.3) is 0 Å². The molecule has 0 unspecified atom stereocenters. The summed E-state index contributed by atoms with van der Waals surface area (Å²) in [5.41, 5.74) is 0.0228. The average Bonchev–Trinajstić information content (AvgIpc) is 2.65. The van der Waals surface area contributed by atoms with E-state index in [-0.39, 0.29) is 16.2 Å². The van der Waals surface area contributed by atoms with Crippen LogP contribution in [0.4, 0.5) is 0 Å². The van der Waals surface area contributed by atoms with Gasteiger partial charge >= 0.3 is 22.1 Å². The van der Waals surface area contributed by atoms with Crippen LogP contribution in [0.15, 0.2) is 65.1 Å². The molecule has 7 nitrogen and oxygen atoms in total. The number of esters is 2. The predicted octanol–water partition coefficient (Wildman–Crippen LogP) is 2.18. The Morgan fingerprint density at radius 1 is 0.885 bits per heavy atom. The molecule has 0 aromatic heterocycles. The second kappa shape index (κ2) is 8.30. The van der Waals surface area contributed by atoms with Gasteiger partial charge in [0.15, 0.2) is 0 Å². The first-order valence-corrected chi connectivity index (χ1v) is 8.76. The SMILES string of the molecule is COC(=O)C(=Cc1cccc(OS(=O)(=O)c2ccccc2)c1)C(=O)OC. The molecular weight excluding hydrogens is 360 g/mol. The van der Waals surface area contributed by atoms with Gasteiger partial charge in [-0.25, -0.2) is 9.59 Å². The van der Waals surface area contributed by atoms with E-state index in [9.17, 15) is 18.0 Å². The van der Waals surface area contributed by atoms with Crippen LogP contribution in [0.3, 0.4) is 0 Å². The highest BCUT2D eigenvalue weighted by Crippen LogP contribution is 2.21. The molecule has 0 bridgehead atoms. The van der Waals surface area contributed by atoms with Gasteiger partial charge in [0.1, 0.15) is 16.2 Å². The molecule has 0 fully saturated rings. The first-order chi connectivity index (χ1) is 12.4. The molecule has 8 heteroatoms. The minimum absolute atomic E-state index is 0.00533. The molecule has 0 amide bonds. The van der Waals surface area contributed by atoms with Crippen LogP contribution >= 0.6 is 0 Å². The van der Waals surface area contributed by atoms with Gasteiger partial charge in [-0.15, -0.1) is 0 Å². The second-order valence-electron chi connectivity index (χ2n) is 4.96. The van der Waals surface area contributed by atoms with E-state index in [1.807, 2.05) is 0 Å². The first kappa shape index (κ1) is 19.2. The Labute approximate surface area is 150 Å². The minimum atomic E-state index is -4.00. The van der Waals surface area contributed by atoms with Crippen LogP contribution in [0.2, 0.25) is 0 Å². The molecule has 0 saturated carbocycles. The van der Waals surface area contributed by atoms with E-state index in [0.29, 0.717) is 5.56 Å². The molecule has 0 aliphatic heterocycles. The molecule has 0 spiro atoms. The second-order valence-corrected chi connectivity index (χ2v) is 6.51. The number of carbonyl (C=O) groups excluding carboxylic acids is 2. The third-order valence-corrected chi connectivity index (χ3v) is 4.48. The maximum Gasteiger partial charge on any atom is 0.345 e. The molecule has 0 aliphatic rings. The van der Waals surface area contributed by atoms with Gasteiger partial charge in [-0.1, -0.05) is 30.3 Å². The van der Waals surface area contributed by atoms with Crippen molar-refractivity contribution in [1.82, 2.24) is 0 Å². The van der Waals surface area contributed by atoms with Crippen LogP contribution in [0.5, 0.6) is 5.75 Å². The van der Waals surface area contributed by atoms with Gasteiger partial charge in [-0.05, 0) is 35.9 Å². The zero-order valence-electron chi connectivity index (χ0n) is 14.0. The van der Waals surface area contributed by atoms with Crippen molar-refractivity contribution < 1.29 is 31.7 Å². The third-order valence-electron chi connectivity index (χ3n) is 3.22. The fraction of sp³-hybridized carbons (Fsp3) is 0.111. The molecular formula is C18H16O7S. The van der Waals surface area contributed by atoms with Crippen molar-refractivity contribution in [2.75, 3.05) is 14.2 Å². The van der Waals surface area contributed by atoms with E-state index in [0.717, 1.165) is 14.2 Å². The summed E-state index contributed by atoms with van der Waals surface area (Å²) in [6.07, 6.45) is 1.22. The fourth-order valence-corrected chi connectivity index (χ4v) is 2.95. The molecule has 0 heterocycles. The number of hydrogen-bond donors (Lipinski definition) is 0. The lowest BCUT2D eigenvalue weighted by Gasteiger charge is -2.08. The number of benzene rings is 2. The van der Waals surface area contributed by atoms with Crippen LogP contribution in [0, 0.1) is 0 Å². The zero-order valence-corrected chi connectivity index (χ0v) is 14.9. The topological polar surface area (TPSA) is 96.0 Å². The summed E-state index contributed by atoms with van der Waals surface area (Å²) in [6, 6.07) is 13.5. The van der Waals surface area contributed by atoms with Crippen LogP contribution in [0.1, 0.15) is 5.56 Å². The van der Waals surface area contributed by atoms with Crippen molar-refractivity contribution in [1.29, 1.82) is 0 Å². The summed E-state index contributed by atoms with van der Waals surface area (Å²) in [5.74, 6) is -1.73. The Kier molecular flexibility index (Phi) is 6.13. The van der Waals surface area contributed by atoms with Crippen molar-refractivity contribution >= 4 is 28.1 Å². The minimum Gasteiger partial charge on any atom is -0.465 e. The number of ether oxygens (including phenoxy) is 2. The highest BCUT2D eigenvalue weighted by atomic mass is 32.2. The van der Waals surface area contributed by atoms with Crippen LogP contribution in [-0.4, -0.2) is 34.6 Å². The van der Waals surface area contributed by atoms with E-state index in [1.54, 1.807) is 24.3 Å². The number of methoxy groups -OCH3 is 2. The normalized spacial score (nSPS) is 10.5. The molecule has 26 heavy (non-hydrogen) atoms. The highest BCUT2D eigenvalue weighted by molar-refractivity contribution is 7.87. The summed E-state index contributed by atoms with van der Waals surface area (Å²) in [6.45, 7) is 0. The molecule has 0 saturated heterocycles. The van der Waals surface area contributed by atoms with E-state index in [1.165, 1.54) is 36.4 Å². The average molecular weight is 376 g/mol. The van der Waals surface area contributed by atoms with Crippen LogP contribution in [0.25, 0.3) is 6.08 Å². The quantitative estimate of drug-likeness (QED) is 0.251. The zero-order chi connectivity index (χ0) is 19.2. The van der Waals surface area contributed by atoms with E-state index in [4.69, 9.17) is 4.18 Å². The Morgan fingerprint density at radius 2 is 1.50 bits per heavy atom. The molecule has 136 valence electrons. The maximum atomic E-state index is 12.3. The van der Waals surface area contributed by atoms with E-state index < -0.39 is 22.1 Å². The van der Waals surface area contributed by atoms with E-state index >= 15 is 0 Å². The van der Waals surface area contributed by atoms with Crippen molar-refractivity contribution in [3.63, 3.8) is 0 Å². The Hall–Kier alpha value is -3.13. The number of carbonyl (C=O) groups is 2. The summed E-state index contributed by atoms with van der Waals surface area (Å²) >= 11 is 0. The molecule has 0 N–H and O–H groups in total. The summed E-state index contributed by atoms with van der Waals surface area (Å²) in [5, 5.41) is 0. The van der Waals surface area contributed by atoms with Gasteiger partial charge in [0.05, 0.1) is 14.2 Å². The molecule has 2 rings (SSSR count). The smallest absolute Gasteiger partial charge is 0.345 e. The van der Waals surface area contributed by atoms with Crippen molar-refractivity contribution in [3.8, 4) is 5.75 Å². The van der Waals surface area contributed by atoms with E-state index in [2.05, 4.69) is 9.47 Å². The molecule has 0 atom stereocenters. The lowest BCUT2D eigenvalue weighted by Crippen LogP contribution is -2.15. The largest absolute Gasteiger partial charge is 0.465 e. The maximum absolute atomic E-state index is 12.3. The summed E-state index contributed by atoms with van der Waals surface area (Å²) in [4.78, 5) is 23.4. The highest BCUT2D eigenvalue weighted by Gasteiger charge is 2.20. The monoisotopic (exact) mass is 376 g/mol. The summed E-state index contributed by atoms with van der Waals surface area (Å²) < 4.78 is 38.7. The lowest BCUT2D eigenvalue weighted by atomic mass is 10.1. The molecule has 2 aromatic carbocycles. The van der Waals surface area contributed by atoms with Gasteiger partial charge in [0.2, 0.25) is 0 Å². The Morgan fingerprint density at radius 3 is 2.08 bits per heavy atom. The van der Waals surface area contributed by atoms with Gasteiger partial charge < -0.3 is 13.7 Å². The number of hydrogen-bond acceptors (Lipinski definition) is 7. The molecule has 0 aliphatic carbocycles. The standard InChI is InChI=1S/C18H16O7S/c1-23-17(19)16(18(20)24-2)12-13-7-6-8-14(11-13)25-26(21,22)15-9-4-3-5-10-15/h3-12H,1-2H3. The Bertz CT molecular complexity index is 913. The predicted molar refractivity (Wildman–Crippen MR) is 92.7 cm³/mol. The van der Waals surface area contributed by atoms with Gasteiger partial charge in [0, 0.05) is 0 Å². The number of rotatable bonds is 6. The van der Waals surface area contributed by atoms with Gasteiger partial charge in [-0.2, -0.15) is 8.42 Å². The molecule has 0 radical (unpaired) electrons. The lowest BCUT2D eigenvalue weighted by molar-refractivity contribution is -0.143. The van der Waals surface area contributed by atoms with Crippen molar-refractivity contribution in [2.24, 2.45) is 0 Å². The van der Waals surface area contributed by atoms with Gasteiger partial charge in [-0.3, -0.25) is 0 Å². The first-order valence-electron chi connectivity index (χ1n) is 7.35. The van der Waals surface area contributed by atoms with Crippen LogP contribution in [-0.2, 0) is 29.2 Å². The van der Waals surface area contributed by atoms with Crippen molar-refractivity contribution in [3.05, 3.63) is 65.7 Å². The van der Waals surface area contributed by atoms with Crippen LogP contribution < -0.4 is 4.18 Å². The third kappa shape index (κ3) is 4.70. The Balaban J connectivity index is 2.34. The molecule has 2 aromatic rings.